The van der Waals surface area contributed by atoms with Crippen molar-refractivity contribution in [2.24, 2.45) is 11.3 Å². The molecule has 8 heteroatoms. The fourth-order valence-corrected chi connectivity index (χ4v) is 3.91. The molecule has 1 aliphatic heterocycles. The van der Waals surface area contributed by atoms with Crippen molar-refractivity contribution in [1.29, 1.82) is 0 Å². The molecule has 1 aliphatic carbocycles. The van der Waals surface area contributed by atoms with Crippen molar-refractivity contribution in [2.45, 2.75) is 45.3 Å². The molecule has 24 heavy (non-hydrogen) atoms. The summed E-state index contributed by atoms with van der Waals surface area (Å²) in [4.78, 5) is 14.4. The van der Waals surface area contributed by atoms with Crippen LogP contribution in [-0.4, -0.2) is 46.4 Å². The zero-order chi connectivity index (χ0) is 17.5. The lowest BCUT2D eigenvalue weighted by molar-refractivity contribution is -0.154. The molecule has 1 amide bonds. The van der Waals surface area contributed by atoms with Crippen LogP contribution in [0, 0.1) is 11.3 Å². The third-order valence-electron chi connectivity index (χ3n) is 4.93. The van der Waals surface area contributed by atoms with Crippen LogP contribution in [0.3, 0.4) is 0 Å². The molecule has 1 saturated heterocycles. The third-order valence-corrected chi connectivity index (χ3v) is 4.93. The van der Waals surface area contributed by atoms with Gasteiger partial charge in [0.1, 0.15) is 0 Å². The molecule has 0 aromatic carbocycles. The summed E-state index contributed by atoms with van der Waals surface area (Å²) in [5.41, 5.74) is 0.390. The number of ether oxygens (including phenoxy) is 1. The van der Waals surface area contributed by atoms with Crippen molar-refractivity contribution in [2.75, 3.05) is 13.2 Å². The summed E-state index contributed by atoms with van der Waals surface area (Å²) < 4.78 is 40.8. The van der Waals surface area contributed by atoms with Crippen molar-refractivity contribution in [3.63, 3.8) is 0 Å². The van der Waals surface area contributed by atoms with E-state index in [0.717, 1.165) is 19.4 Å². The lowest BCUT2D eigenvalue weighted by atomic mass is 9.55. The fourth-order valence-electron chi connectivity index (χ4n) is 3.91. The number of amides is 1. The predicted octanol–water partition coefficient (Wildman–Crippen LogP) is 3.07. The molecule has 1 unspecified atom stereocenters. The van der Waals surface area contributed by atoms with Crippen molar-refractivity contribution < 1.29 is 22.7 Å². The summed E-state index contributed by atoms with van der Waals surface area (Å²) in [6.45, 7) is 3.50. The van der Waals surface area contributed by atoms with Gasteiger partial charge in [0.15, 0.2) is 12.3 Å². The highest BCUT2D eigenvalue weighted by molar-refractivity contribution is 5.93. The number of rotatable bonds is 4. The van der Waals surface area contributed by atoms with E-state index in [1.807, 2.05) is 4.90 Å². The maximum absolute atomic E-state index is 12.6. The molecular formula is C16H20F3N3O2. The number of nitrogens with zero attached hydrogens (tertiary/aromatic N) is 3. The number of likely N-dealkylation sites (tertiary alicyclic amines) is 1. The average molecular weight is 343 g/mol. The van der Waals surface area contributed by atoms with E-state index < -0.39 is 12.8 Å². The predicted molar refractivity (Wildman–Crippen MR) is 79.5 cm³/mol. The SMILES string of the molecule is CC(C)C1N(C(=O)c2ccc(OCC(F)(F)F)nn2)CC12CCC2. The zero-order valence-electron chi connectivity index (χ0n) is 13.6. The normalized spacial score (nSPS) is 22.2. The molecule has 0 bridgehead atoms. The van der Waals surface area contributed by atoms with Gasteiger partial charge in [-0.15, -0.1) is 10.2 Å². The standard InChI is InChI=1S/C16H20F3N3O2/c1-10(2)13-15(6-3-7-15)8-22(13)14(23)11-4-5-12(21-20-11)24-9-16(17,18)19/h4-5,10,13H,3,6-9H2,1-2H3. The van der Waals surface area contributed by atoms with Gasteiger partial charge >= 0.3 is 6.18 Å². The topological polar surface area (TPSA) is 55.3 Å². The van der Waals surface area contributed by atoms with Crippen LogP contribution in [0.25, 0.3) is 0 Å². The van der Waals surface area contributed by atoms with Gasteiger partial charge in [-0.25, -0.2) is 0 Å². The summed E-state index contributed by atoms with van der Waals surface area (Å²) in [5.74, 6) is -0.116. The van der Waals surface area contributed by atoms with Gasteiger partial charge in [0.05, 0.1) is 0 Å². The number of aromatic nitrogens is 2. The minimum absolute atomic E-state index is 0.134. The first-order valence-electron chi connectivity index (χ1n) is 8.06. The van der Waals surface area contributed by atoms with E-state index in [4.69, 9.17) is 0 Å². The number of hydrogen-bond acceptors (Lipinski definition) is 4. The number of hydrogen-bond donors (Lipinski definition) is 0. The number of carbonyl (C=O) groups excluding carboxylic acids is 1. The van der Waals surface area contributed by atoms with Crippen molar-refractivity contribution >= 4 is 5.91 Å². The minimum Gasteiger partial charge on any atom is -0.467 e. The zero-order valence-corrected chi connectivity index (χ0v) is 13.6. The number of halogens is 3. The highest BCUT2D eigenvalue weighted by atomic mass is 19.4. The van der Waals surface area contributed by atoms with Gasteiger partial charge in [0, 0.05) is 24.1 Å². The van der Waals surface area contributed by atoms with Crippen LogP contribution < -0.4 is 4.74 Å². The molecule has 1 spiro atoms. The van der Waals surface area contributed by atoms with E-state index >= 15 is 0 Å². The molecular weight excluding hydrogens is 323 g/mol. The molecule has 0 radical (unpaired) electrons. The summed E-state index contributed by atoms with van der Waals surface area (Å²) in [5, 5.41) is 7.30. The van der Waals surface area contributed by atoms with Crippen molar-refractivity contribution in [1.82, 2.24) is 15.1 Å². The molecule has 1 aromatic rings. The molecule has 3 rings (SSSR count). The van der Waals surface area contributed by atoms with Gasteiger partial charge < -0.3 is 9.64 Å². The van der Waals surface area contributed by atoms with Crippen molar-refractivity contribution in [3.05, 3.63) is 17.8 Å². The lowest BCUT2D eigenvalue weighted by Crippen LogP contribution is -2.70. The second kappa shape index (κ2) is 5.89. The summed E-state index contributed by atoms with van der Waals surface area (Å²) >= 11 is 0. The van der Waals surface area contributed by atoms with Crippen LogP contribution in [0.15, 0.2) is 12.1 Å². The Labute approximate surface area is 138 Å². The number of carbonyl (C=O) groups is 1. The van der Waals surface area contributed by atoms with Gasteiger partial charge in [-0.1, -0.05) is 20.3 Å². The summed E-state index contributed by atoms with van der Waals surface area (Å²) in [6.07, 6.45) is -0.934. The second-order valence-electron chi connectivity index (χ2n) is 7.00. The first kappa shape index (κ1) is 17.0. The Hall–Kier alpha value is -1.86. The first-order valence-corrected chi connectivity index (χ1v) is 8.06. The molecule has 1 atom stereocenters. The lowest BCUT2D eigenvalue weighted by Gasteiger charge is -2.64. The molecule has 0 N–H and O–H groups in total. The Kier molecular flexibility index (Phi) is 4.17. The van der Waals surface area contributed by atoms with Crippen LogP contribution in [0.5, 0.6) is 5.88 Å². The molecule has 5 nitrogen and oxygen atoms in total. The Morgan fingerprint density at radius 1 is 1.38 bits per heavy atom. The van der Waals surface area contributed by atoms with Gasteiger partial charge in [-0.3, -0.25) is 4.79 Å². The van der Waals surface area contributed by atoms with Gasteiger partial charge in [0.2, 0.25) is 5.88 Å². The van der Waals surface area contributed by atoms with Crippen LogP contribution in [-0.2, 0) is 0 Å². The van der Waals surface area contributed by atoms with Gasteiger partial charge in [-0.2, -0.15) is 13.2 Å². The van der Waals surface area contributed by atoms with Crippen LogP contribution >= 0.6 is 0 Å². The molecule has 1 saturated carbocycles. The highest BCUT2D eigenvalue weighted by Gasteiger charge is 2.58. The maximum Gasteiger partial charge on any atom is 0.422 e. The Morgan fingerprint density at radius 3 is 2.54 bits per heavy atom. The molecule has 2 aliphatic rings. The largest absolute Gasteiger partial charge is 0.467 e. The van der Waals surface area contributed by atoms with E-state index in [1.54, 1.807) is 0 Å². The second-order valence-corrected chi connectivity index (χ2v) is 7.00. The van der Waals surface area contributed by atoms with E-state index in [1.165, 1.54) is 18.6 Å². The Balaban J connectivity index is 1.65. The molecule has 1 aromatic heterocycles. The summed E-state index contributed by atoms with van der Waals surface area (Å²) in [6, 6.07) is 2.81. The smallest absolute Gasteiger partial charge is 0.422 e. The van der Waals surface area contributed by atoms with Gasteiger partial charge in [0.25, 0.3) is 5.91 Å². The molecule has 2 fully saturated rings. The Bertz CT molecular complexity index is 612. The fraction of sp³-hybridized carbons (Fsp3) is 0.688. The van der Waals surface area contributed by atoms with Crippen LogP contribution in [0.1, 0.15) is 43.6 Å². The van der Waals surface area contributed by atoms with Crippen molar-refractivity contribution in [3.8, 4) is 5.88 Å². The van der Waals surface area contributed by atoms with Crippen LogP contribution in [0.2, 0.25) is 0 Å². The molecule has 132 valence electrons. The van der Waals surface area contributed by atoms with Gasteiger partial charge in [-0.05, 0) is 24.8 Å². The van der Waals surface area contributed by atoms with E-state index in [9.17, 15) is 18.0 Å². The first-order chi connectivity index (χ1) is 11.2. The quantitative estimate of drug-likeness (QED) is 0.843. The van der Waals surface area contributed by atoms with E-state index in [2.05, 4.69) is 28.8 Å². The number of alkyl halides is 3. The minimum atomic E-state index is -4.44. The van der Waals surface area contributed by atoms with E-state index in [-0.39, 0.29) is 28.9 Å². The van der Waals surface area contributed by atoms with E-state index in [0.29, 0.717) is 5.92 Å². The third kappa shape index (κ3) is 3.06. The molecule has 2 heterocycles. The highest BCUT2D eigenvalue weighted by Crippen LogP contribution is 2.55. The average Bonchev–Trinajstić information content (AvgIpc) is 2.41. The Morgan fingerprint density at radius 2 is 2.08 bits per heavy atom. The summed E-state index contributed by atoms with van der Waals surface area (Å²) in [7, 11) is 0. The van der Waals surface area contributed by atoms with Crippen LogP contribution in [0.4, 0.5) is 13.2 Å². The monoisotopic (exact) mass is 343 g/mol. The maximum atomic E-state index is 12.6.